The average Bonchev–Trinajstić information content (AvgIpc) is 2.91. The van der Waals surface area contributed by atoms with Gasteiger partial charge in [-0.05, 0) is 47.9 Å². The minimum atomic E-state index is -0.0371. The number of nitrogens with one attached hydrogen (secondary N) is 1. The lowest BCUT2D eigenvalue weighted by Crippen LogP contribution is -2.49. The first-order valence-electron chi connectivity index (χ1n) is 12.2. The van der Waals surface area contributed by atoms with Gasteiger partial charge in [0.2, 0.25) is 0 Å². The molecule has 192 valence electrons. The molecule has 0 amide bonds. The zero-order valence-electron chi connectivity index (χ0n) is 20.7. The number of hydroxylamine groups is 1. The van der Waals surface area contributed by atoms with Crippen LogP contribution in [0.2, 0.25) is 10.0 Å². The molecule has 6 nitrogen and oxygen atoms in total. The van der Waals surface area contributed by atoms with Crippen LogP contribution in [0.1, 0.15) is 35.7 Å². The van der Waals surface area contributed by atoms with Gasteiger partial charge in [0.1, 0.15) is 12.4 Å². The van der Waals surface area contributed by atoms with E-state index in [2.05, 4.69) is 58.6 Å². The third-order valence-corrected chi connectivity index (χ3v) is 7.20. The molecule has 0 aromatic heterocycles. The zero-order chi connectivity index (χ0) is 25.5. The van der Waals surface area contributed by atoms with Crippen LogP contribution >= 0.6 is 23.2 Å². The second-order valence-corrected chi connectivity index (χ2v) is 9.69. The summed E-state index contributed by atoms with van der Waals surface area (Å²) in [5.41, 5.74) is 7.27. The van der Waals surface area contributed by atoms with Crippen molar-refractivity contribution in [2.24, 2.45) is 0 Å². The van der Waals surface area contributed by atoms with Crippen molar-refractivity contribution in [2.45, 2.75) is 25.6 Å². The standard InChI is InChI=1S/C28H33Cl2N3O3/c1-20(22-5-3-21(4-6-22)19-36-31-2)32-13-14-33(28(18-32)23-7-9-24(29)10-8-23)27-12-11-25(17-26(27)30)35-16-15-34/h3-12,17,20,28,31,34H,13-16,18-19H2,1-2H3/t20-,28+/m1/s1. The highest BCUT2D eigenvalue weighted by Gasteiger charge is 2.32. The van der Waals surface area contributed by atoms with Crippen molar-refractivity contribution in [1.29, 1.82) is 0 Å². The van der Waals surface area contributed by atoms with E-state index in [1.165, 1.54) is 11.1 Å². The molecule has 2 atom stereocenters. The topological polar surface area (TPSA) is 57.2 Å². The third-order valence-electron chi connectivity index (χ3n) is 6.65. The molecule has 1 saturated heterocycles. The first-order valence-corrected chi connectivity index (χ1v) is 12.9. The number of aliphatic hydroxyl groups excluding tert-OH is 1. The van der Waals surface area contributed by atoms with Crippen molar-refractivity contribution in [2.75, 3.05) is 44.8 Å². The van der Waals surface area contributed by atoms with Gasteiger partial charge in [0.15, 0.2) is 0 Å². The Morgan fingerprint density at radius 1 is 1.03 bits per heavy atom. The van der Waals surface area contributed by atoms with Gasteiger partial charge in [0.05, 0.1) is 30.0 Å². The first-order chi connectivity index (χ1) is 17.5. The summed E-state index contributed by atoms with van der Waals surface area (Å²) in [5, 5.41) is 10.4. The minimum absolute atomic E-state index is 0.0371. The number of rotatable bonds is 10. The number of ether oxygens (including phenoxy) is 1. The quantitative estimate of drug-likeness (QED) is 0.331. The third kappa shape index (κ3) is 6.51. The maximum Gasteiger partial charge on any atom is 0.121 e. The Kier molecular flexibility index (Phi) is 9.48. The van der Waals surface area contributed by atoms with Gasteiger partial charge in [-0.3, -0.25) is 9.74 Å². The molecule has 4 rings (SSSR count). The molecule has 8 heteroatoms. The molecule has 1 heterocycles. The number of halogens is 2. The number of hydrogen-bond acceptors (Lipinski definition) is 6. The number of anilines is 1. The fraction of sp³-hybridized carbons (Fsp3) is 0.357. The molecule has 1 aliphatic rings. The Bertz CT molecular complexity index is 1110. The van der Waals surface area contributed by atoms with Crippen LogP contribution in [0.4, 0.5) is 5.69 Å². The molecule has 36 heavy (non-hydrogen) atoms. The molecule has 2 N–H and O–H groups in total. The number of hydrogen-bond donors (Lipinski definition) is 2. The van der Waals surface area contributed by atoms with Crippen LogP contribution in [0, 0.1) is 0 Å². The number of piperazine rings is 1. The fourth-order valence-electron chi connectivity index (χ4n) is 4.65. The molecular weight excluding hydrogens is 497 g/mol. The number of benzene rings is 3. The van der Waals surface area contributed by atoms with E-state index in [9.17, 15) is 0 Å². The summed E-state index contributed by atoms with van der Waals surface area (Å²) in [4.78, 5) is 10.2. The van der Waals surface area contributed by atoms with E-state index in [4.69, 9.17) is 37.9 Å². The molecule has 1 fully saturated rings. The summed E-state index contributed by atoms with van der Waals surface area (Å²) < 4.78 is 5.54. The van der Waals surface area contributed by atoms with Crippen LogP contribution in [0.25, 0.3) is 0 Å². The Hall–Kier alpha value is -2.32. The monoisotopic (exact) mass is 529 g/mol. The lowest BCUT2D eigenvalue weighted by atomic mass is 9.98. The Morgan fingerprint density at radius 3 is 2.44 bits per heavy atom. The van der Waals surface area contributed by atoms with E-state index in [0.717, 1.165) is 35.9 Å². The SMILES string of the molecule is CNOCc1ccc([C@@H](C)N2CCN(c3ccc(OCCO)cc3Cl)[C@H](c3ccc(Cl)cc3)C2)cc1. The normalized spacial score (nSPS) is 17.2. The molecule has 0 radical (unpaired) electrons. The van der Waals surface area contributed by atoms with Crippen molar-refractivity contribution >= 4 is 28.9 Å². The van der Waals surface area contributed by atoms with Gasteiger partial charge in [-0.25, -0.2) is 5.48 Å². The maximum absolute atomic E-state index is 9.05. The molecule has 0 unspecified atom stereocenters. The predicted octanol–water partition coefficient (Wildman–Crippen LogP) is 5.64. The van der Waals surface area contributed by atoms with Crippen LogP contribution in [-0.4, -0.2) is 49.9 Å². The number of aliphatic hydroxyl groups is 1. The van der Waals surface area contributed by atoms with E-state index in [0.29, 0.717) is 17.4 Å². The maximum atomic E-state index is 9.05. The van der Waals surface area contributed by atoms with E-state index < -0.39 is 0 Å². The summed E-state index contributed by atoms with van der Waals surface area (Å²) >= 11 is 12.9. The lowest BCUT2D eigenvalue weighted by Gasteiger charge is -2.45. The summed E-state index contributed by atoms with van der Waals surface area (Å²) in [6.07, 6.45) is 0. The summed E-state index contributed by atoms with van der Waals surface area (Å²) in [7, 11) is 1.76. The largest absolute Gasteiger partial charge is 0.491 e. The van der Waals surface area contributed by atoms with Crippen LogP contribution in [-0.2, 0) is 11.4 Å². The van der Waals surface area contributed by atoms with Gasteiger partial charge >= 0.3 is 0 Å². The molecule has 1 aliphatic heterocycles. The van der Waals surface area contributed by atoms with Crippen molar-refractivity contribution < 1.29 is 14.7 Å². The van der Waals surface area contributed by atoms with Crippen molar-refractivity contribution in [3.63, 3.8) is 0 Å². The lowest BCUT2D eigenvalue weighted by molar-refractivity contribution is 0.0444. The summed E-state index contributed by atoms with van der Waals surface area (Å²) in [6.45, 7) is 5.55. The molecule has 0 aliphatic carbocycles. The van der Waals surface area contributed by atoms with E-state index in [-0.39, 0.29) is 25.3 Å². The molecule has 0 saturated carbocycles. The highest BCUT2D eigenvalue weighted by molar-refractivity contribution is 6.33. The van der Waals surface area contributed by atoms with Gasteiger partial charge in [0, 0.05) is 43.8 Å². The van der Waals surface area contributed by atoms with Crippen molar-refractivity contribution in [3.05, 3.63) is 93.5 Å². The first kappa shape index (κ1) is 26.7. The van der Waals surface area contributed by atoms with Crippen molar-refractivity contribution in [3.8, 4) is 5.75 Å². The molecule has 3 aromatic rings. The number of nitrogens with zero attached hydrogens (tertiary/aromatic N) is 2. The molecule has 0 bridgehead atoms. The molecule has 3 aromatic carbocycles. The van der Waals surface area contributed by atoms with Gasteiger partial charge in [0.25, 0.3) is 0 Å². The molecular formula is C28H33Cl2N3O3. The smallest absolute Gasteiger partial charge is 0.121 e. The van der Waals surface area contributed by atoms with E-state index >= 15 is 0 Å². The highest BCUT2D eigenvalue weighted by Crippen LogP contribution is 2.39. The van der Waals surface area contributed by atoms with Gasteiger partial charge in [-0.2, -0.15) is 0 Å². The van der Waals surface area contributed by atoms with Gasteiger partial charge < -0.3 is 14.7 Å². The Morgan fingerprint density at radius 2 is 1.78 bits per heavy atom. The Balaban J connectivity index is 1.57. The minimum Gasteiger partial charge on any atom is -0.491 e. The second-order valence-electron chi connectivity index (χ2n) is 8.85. The van der Waals surface area contributed by atoms with Crippen LogP contribution in [0.3, 0.4) is 0 Å². The summed E-state index contributed by atoms with van der Waals surface area (Å²) in [6, 6.07) is 22.8. The van der Waals surface area contributed by atoms with Crippen LogP contribution in [0.5, 0.6) is 5.75 Å². The molecule has 0 spiro atoms. The van der Waals surface area contributed by atoms with E-state index in [1.54, 1.807) is 7.05 Å². The van der Waals surface area contributed by atoms with E-state index in [1.807, 2.05) is 30.3 Å². The van der Waals surface area contributed by atoms with Crippen LogP contribution < -0.4 is 15.1 Å². The average molecular weight is 530 g/mol. The zero-order valence-corrected chi connectivity index (χ0v) is 22.2. The fourth-order valence-corrected chi connectivity index (χ4v) is 5.05. The summed E-state index contributed by atoms with van der Waals surface area (Å²) in [5.74, 6) is 0.650. The highest BCUT2D eigenvalue weighted by atomic mass is 35.5. The second kappa shape index (κ2) is 12.8. The van der Waals surface area contributed by atoms with Gasteiger partial charge in [-0.1, -0.05) is 59.6 Å². The van der Waals surface area contributed by atoms with Crippen molar-refractivity contribution in [1.82, 2.24) is 10.4 Å². The Labute approximate surface area is 223 Å². The van der Waals surface area contributed by atoms with Gasteiger partial charge in [-0.15, -0.1) is 0 Å². The predicted molar refractivity (Wildman–Crippen MR) is 146 cm³/mol. The van der Waals surface area contributed by atoms with Crippen LogP contribution in [0.15, 0.2) is 66.7 Å².